The summed E-state index contributed by atoms with van der Waals surface area (Å²) < 4.78 is 1.72. The molecule has 4 rings (SSSR count). The molecule has 0 aliphatic heterocycles. The van der Waals surface area contributed by atoms with Crippen molar-refractivity contribution in [3.8, 4) is 0 Å². The van der Waals surface area contributed by atoms with Crippen molar-refractivity contribution in [1.29, 1.82) is 0 Å². The number of aromatic amines is 1. The van der Waals surface area contributed by atoms with Crippen molar-refractivity contribution in [2.45, 2.75) is 45.4 Å². The number of nitrogens with zero attached hydrogens (tertiary/aromatic N) is 4. The van der Waals surface area contributed by atoms with Gasteiger partial charge in [-0.05, 0) is 25.3 Å². The van der Waals surface area contributed by atoms with Crippen LogP contribution in [0.15, 0.2) is 18.3 Å². The quantitative estimate of drug-likeness (QED) is 0.753. The summed E-state index contributed by atoms with van der Waals surface area (Å²) in [5.74, 6) is 1.08. The molecule has 136 valence electrons. The molecule has 0 bridgehead atoms. The minimum Gasteiger partial charge on any atom is -0.305 e. The molecule has 2 N–H and O–H groups in total. The molecular formula is C19H24N6O. The molecule has 7 nitrogen and oxygen atoms in total. The molecule has 26 heavy (non-hydrogen) atoms. The van der Waals surface area contributed by atoms with Crippen LogP contribution in [0.25, 0.3) is 11.0 Å². The molecule has 7 heteroatoms. The van der Waals surface area contributed by atoms with E-state index in [4.69, 9.17) is 0 Å². The van der Waals surface area contributed by atoms with Crippen LogP contribution in [0.2, 0.25) is 0 Å². The lowest BCUT2D eigenvalue weighted by atomic mass is 9.86. The van der Waals surface area contributed by atoms with Crippen LogP contribution >= 0.6 is 0 Å². The fourth-order valence-electron chi connectivity index (χ4n) is 3.85. The second-order valence-corrected chi connectivity index (χ2v) is 7.24. The highest BCUT2D eigenvalue weighted by Gasteiger charge is 2.16. The predicted octanol–water partition coefficient (Wildman–Crippen LogP) is 3.37. The van der Waals surface area contributed by atoms with Crippen LogP contribution in [0.1, 0.15) is 53.8 Å². The number of amides is 1. The van der Waals surface area contributed by atoms with Gasteiger partial charge in [0.1, 0.15) is 0 Å². The van der Waals surface area contributed by atoms with Gasteiger partial charge in [-0.3, -0.25) is 14.6 Å². The summed E-state index contributed by atoms with van der Waals surface area (Å²) in [5, 5.41) is 15.4. The van der Waals surface area contributed by atoms with Gasteiger partial charge in [-0.1, -0.05) is 32.1 Å². The van der Waals surface area contributed by atoms with Crippen LogP contribution in [0.3, 0.4) is 0 Å². The van der Waals surface area contributed by atoms with Crippen LogP contribution < -0.4 is 5.32 Å². The van der Waals surface area contributed by atoms with Gasteiger partial charge < -0.3 is 5.32 Å². The standard InChI is InChI=1S/C19H24N6O/c1-12-16-9-14(11-20-18(16)25(2)24-12)19(26)21-17-10-15(22-23-17)8-13-6-4-3-5-7-13/h9-11,13H,3-8H2,1-2H3,(H2,21,22,23,26). The summed E-state index contributed by atoms with van der Waals surface area (Å²) in [6, 6.07) is 3.77. The SMILES string of the molecule is Cc1nn(C)c2ncc(C(=O)Nc3cc(CC4CCCCC4)[nH]n3)cc12. The van der Waals surface area contributed by atoms with E-state index in [2.05, 4.69) is 25.6 Å². The van der Waals surface area contributed by atoms with Gasteiger partial charge in [-0.2, -0.15) is 10.2 Å². The van der Waals surface area contributed by atoms with Gasteiger partial charge >= 0.3 is 0 Å². The molecule has 1 aliphatic carbocycles. The number of pyridine rings is 1. The Morgan fingerprint density at radius 2 is 2.12 bits per heavy atom. The van der Waals surface area contributed by atoms with E-state index in [9.17, 15) is 4.79 Å². The number of hydrogen-bond donors (Lipinski definition) is 2. The van der Waals surface area contributed by atoms with E-state index in [-0.39, 0.29) is 5.91 Å². The number of aromatic nitrogens is 5. The third-order valence-electron chi connectivity index (χ3n) is 5.23. The fourth-order valence-corrected chi connectivity index (χ4v) is 3.85. The highest BCUT2D eigenvalue weighted by molar-refractivity contribution is 6.05. The number of nitrogens with one attached hydrogen (secondary N) is 2. The third kappa shape index (κ3) is 3.34. The largest absolute Gasteiger partial charge is 0.305 e. The monoisotopic (exact) mass is 352 g/mol. The van der Waals surface area contributed by atoms with Crippen molar-refractivity contribution in [1.82, 2.24) is 25.0 Å². The molecule has 0 saturated heterocycles. The molecule has 1 aliphatic rings. The Hall–Kier alpha value is -2.70. The summed E-state index contributed by atoms with van der Waals surface area (Å²) in [6.45, 7) is 1.91. The molecule has 0 unspecified atom stereocenters. The van der Waals surface area contributed by atoms with Crippen molar-refractivity contribution < 1.29 is 4.79 Å². The summed E-state index contributed by atoms with van der Waals surface area (Å²) in [7, 11) is 1.85. The topological polar surface area (TPSA) is 88.5 Å². The van der Waals surface area contributed by atoms with E-state index < -0.39 is 0 Å². The highest BCUT2D eigenvalue weighted by atomic mass is 16.1. The molecule has 0 radical (unpaired) electrons. The van der Waals surface area contributed by atoms with E-state index in [0.717, 1.165) is 34.8 Å². The molecule has 3 aromatic heterocycles. The van der Waals surface area contributed by atoms with Crippen LogP contribution in [-0.4, -0.2) is 30.9 Å². The van der Waals surface area contributed by atoms with Crippen molar-refractivity contribution in [3.05, 3.63) is 35.3 Å². The zero-order chi connectivity index (χ0) is 18.1. The van der Waals surface area contributed by atoms with Crippen LogP contribution in [-0.2, 0) is 13.5 Å². The summed E-state index contributed by atoms with van der Waals surface area (Å²) >= 11 is 0. The Bertz CT molecular complexity index is 935. The van der Waals surface area contributed by atoms with E-state index in [1.54, 1.807) is 10.9 Å². The number of anilines is 1. The average Bonchev–Trinajstić information content (AvgIpc) is 3.19. The maximum Gasteiger partial charge on any atom is 0.258 e. The summed E-state index contributed by atoms with van der Waals surface area (Å²) in [6.07, 6.45) is 9.17. The van der Waals surface area contributed by atoms with Gasteiger partial charge in [0.15, 0.2) is 11.5 Å². The van der Waals surface area contributed by atoms with Gasteiger partial charge in [-0.25, -0.2) is 4.98 Å². The maximum absolute atomic E-state index is 12.5. The fraction of sp³-hybridized carbons (Fsp3) is 0.474. The van der Waals surface area contributed by atoms with Gasteiger partial charge in [0, 0.05) is 30.4 Å². The van der Waals surface area contributed by atoms with Crippen molar-refractivity contribution in [2.24, 2.45) is 13.0 Å². The van der Waals surface area contributed by atoms with Gasteiger partial charge in [-0.15, -0.1) is 0 Å². The highest BCUT2D eigenvalue weighted by Crippen LogP contribution is 2.27. The number of fused-ring (bicyclic) bond motifs is 1. The molecule has 0 aromatic carbocycles. The first-order chi connectivity index (χ1) is 12.6. The number of rotatable bonds is 4. The van der Waals surface area contributed by atoms with Crippen LogP contribution in [0.5, 0.6) is 0 Å². The molecule has 1 amide bonds. The summed E-state index contributed by atoms with van der Waals surface area (Å²) in [4.78, 5) is 16.9. The number of carbonyl (C=O) groups is 1. The Morgan fingerprint density at radius 3 is 2.92 bits per heavy atom. The molecule has 0 spiro atoms. The third-order valence-corrected chi connectivity index (χ3v) is 5.23. The van der Waals surface area contributed by atoms with Crippen molar-refractivity contribution >= 4 is 22.8 Å². The minimum atomic E-state index is -0.210. The lowest BCUT2D eigenvalue weighted by Gasteiger charge is -2.20. The number of hydrogen-bond acceptors (Lipinski definition) is 4. The summed E-state index contributed by atoms with van der Waals surface area (Å²) in [5.41, 5.74) is 3.22. The van der Waals surface area contributed by atoms with E-state index in [1.807, 2.05) is 26.1 Å². The molecule has 1 fully saturated rings. The second kappa shape index (κ2) is 6.90. The molecule has 0 atom stereocenters. The Labute approximate surface area is 152 Å². The zero-order valence-electron chi connectivity index (χ0n) is 15.2. The van der Waals surface area contributed by atoms with E-state index in [0.29, 0.717) is 11.4 Å². The predicted molar refractivity (Wildman–Crippen MR) is 100 cm³/mol. The first-order valence-corrected chi connectivity index (χ1v) is 9.25. The minimum absolute atomic E-state index is 0.210. The normalized spacial score (nSPS) is 15.5. The Balaban J connectivity index is 1.45. The van der Waals surface area contributed by atoms with Gasteiger partial charge in [0.05, 0.1) is 11.3 Å². The van der Waals surface area contributed by atoms with E-state index >= 15 is 0 Å². The van der Waals surface area contributed by atoms with Crippen LogP contribution in [0, 0.1) is 12.8 Å². The first kappa shape index (κ1) is 16.8. The number of carbonyl (C=O) groups excluding carboxylic acids is 1. The van der Waals surface area contributed by atoms with Gasteiger partial charge in [0.25, 0.3) is 5.91 Å². The lowest BCUT2D eigenvalue weighted by Crippen LogP contribution is -2.12. The van der Waals surface area contributed by atoms with Crippen LogP contribution in [0.4, 0.5) is 5.82 Å². The van der Waals surface area contributed by atoms with Crippen molar-refractivity contribution in [2.75, 3.05) is 5.32 Å². The molecule has 1 saturated carbocycles. The number of aryl methyl sites for hydroxylation is 2. The Kier molecular flexibility index (Phi) is 4.44. The smallest absolute Gasteiger partial charge is 0.258 e. The molecular weight excluding hydrogens is 328 g/mol. The van der Waals surface area contributed by atoms with Gasteiger partial charge in [0.2, 0.25) is 0 Å². The Morgan fingerprint density at radius 1 is 1.31 bits per heavy atom. The average molecular weight is 352 g/mol. The zero-order valence-corrected chi connectivity index (χ0v) is 15.2. The number of H-pyrrole nitrogens is 1. The first-order valence-electron chi connectivity index (χ1n) is 9.25. The molecule has 3 aromatic rings. The van der Waals surface area contributed by atoms with Crippen molar-refractivity contribution in [3.63, 3.8) is 0 Å². The maximum atomic E-state index is 12.5. The second-order valence-electron chi connectivity index (χ2n) is 7.24. The molecule has 3 heterocycles. The lowest BCUT2D eigenvalue weighted by molar-refractivity contribution is 0.102. The van der Waals surface area contributed by atoms with E-state index in [1.165, 1.54) is 32.1 Å².